The molecule has 1 aliphatic heterocycles. The van der Waals surface area contributed by atoms with Gasteiger partial charge in [-0.2, -0.15) is 5.26 Å². The van der Waals surface area contributed by atoms with Gasteiger partial charge in [-0.15, -0.1) is 5.10 Å². The van der Waals surface area contributed by atoms with Crippen LogP contribution in [0, 0.1) is 18.3 Å². The predicted molar refractivity (Wildman–Crippen MR) is 75.3 cm³/mol. The van der Waals surface area contributed by atoms with Crippen LogP contribution in [0.2, 0.25) is 0 Å². The lowest BCUT2D eigenvalue weighted by Gasteiger charge is -2.16. The molecule has 0 saturated carbocycles. The van der Waals surface area contributed by atoms with E-state index in [4.69, 9.17) is 10.00 Å². The molecule has 2 aromatic heterocycles. The van der Waals surface area contributed by atoms with Crippen molar-refractivity contribution in [1.82, 2.24) is 24.5 Å². The Kier molecular flexibility index (Phi) is 3.81. The first-order valence-electron chi connectivity index (χ1n) is 6.93. The van der Waals surface area contributed by atoms with Gasteiger partial charge < -0.3 is 9.84 Å². The largest absolute Gasteiger partial charge is 0.390 e. The van der Waals surface area contributed by atoms with Crippen LogP contribution in [0.3, 0.4) is 0 Å². The van der Waals surface area contributed by atoms with Crippen molar-refractivity contribution in [1.29, 1.82) is 5.26 Å². The number of hydrogen-bond acceptors (Lipinski definition) is 7. The Labute approximate surface area is 129 Å². The second-order valence-electron chi connectivity index (χ2n) is 5.35. The molecule has 0 unspecified atom stereocenters. The number of nitrogens with zero attached hydrogens (tertiary/aromatic N) is 5. The Morgan fingerprint density at radius 3 is 3.00 bits per heavy atom. The van der Waals surface area contributed by atoms with E-state index in [1.165, 1.54) is 21.6 Å². The Balaban J connectivity index is 1.78. The lowest BCUT2D eigenvalue weighted by atomic mass is 10.2. The summed E-state index contributed by atoms with van der Waals surface area (Å²) < 4.78 is 8.35. The van der Waals surface area contributed by atoms with Gasteiger partial charge in [0.15, 0.2) is 5.69 Å². The topological polar surface area (TPSA) is 139 Å². The number of aryl methyl sites for hydroxylation is 1. The second kappa shape index (κ2) is 5.79. The molecule has 0 spiro atoms. The maximum Gasteiger partial charge on any atom is 0.330 e. The van der Waals surface area contributed by atoms with E-state index in [1.54, 1.807) is 6.92 Å². The maximum atomic E-state index is 11.9. The highest BCUT2D eigenvalue weighted by Gasteiger charge is 2.36. The highest BCUT2D eigenvalue weighted by Crippen LogP contribution is 2.28. The van der Waals surface area contributed by atoms with E-state index >= 15 is 0 Å². The molecule has 1 fully saturated rings. The van der Waals surface area contributed by atoms with Gasteiger partial charge in [-0.05, 0) is 6.92 Å². The van der Waals surface area contributed by atoms with E-state index in [9.17, 15) is 14.7 Å². The number of aliphatic hydroxyl groups excluding tert-OH is 1. The number of aliphatic hydroxyl groups is 1. The van der Waals surface area contributed by atoms with E-state index in [-0.39, 0.29) is 18.7 Å². The van der Waals surface area contributed by atoms with E-state index in [2.05, 4.69) is 15.3 Å². The third kappa shape index (κ3) is 2.92. The zero-order chi connectivity index (χ0) is 16.6. The summed E-state index contributed by atoms with van der Waals surface area (Å²) in [6, 6.07) is 1.86. The fraction of sp³-hybridized carbons (Fsp3) is 0.462. The smallest absolute Gasteiger partial charge is 0.330 e. The van der Waals surface area contributed by atoms with Crippen LogP contribution in [0.15, 0.2) is 22.0 Å². The Morgan fingerprint density at radius 2 is 2.30 bits per heavy atom. The van der Waals surface area contributed by atoms with Crippen molar-refractivity contribution in [3.63, 3.8) is 0 Å². The molecule has 0 radical (unpaired) electrons. The number of nitrogens with one attached hydrogen (secondary N) is 1. The average molecular weight is 318 g/mol. The third-order valence-corrected chi connectivity index (χ3v) is 3.68. The molecule has 3 atom stereocenters. The SMILES string of the molecule is Cc1cn([C@H]2C[C@H](O)[C@@H](Cn3cc(C#N)nn3)O2)c(=O)[nH]c1=O. The molecule has 120 valence electrons. The molecular weight excluding hydrogens is 304 g/mol. The number of aromatic amines is 1. The average Bonchev–Trinajstić information content (AvgIpc) is 3.10. The van der Waals surface area contributed by atoms with E-state index in [0.717, 1.165) is 0 Å². The number of H-pyrrole nitrogens is 1. The Bertz CT molecular complexity index is 876. The first kappa shape index (κ1) is 15.1. The summed E-state index contributed by atoms with van der Waals surface area (Å²) in [5.74, 6) is 0. The zero-order valence-corrected chi connectivity index (χ0v) is 12.2. The molecule has 0 aromatic carbocycles. The van der Waals surface area contributed by atoms with Crippen LogP contribution in [-0.2, 0) is 11.3 Å². The van der Waals surface area contributed by atoms with E-state index in [0.29, 0.717) is 5.56 Å². The van der Waals surface area contributed by atoms with Gasteiger partial charge in [0, 0.05) is 18.2 Å². The summed E-state index contributed by atoms with van der Waals surface area (Å²) >= 11 is 0. The summed E-state index contributed by atoms with van der Waals surface area (Å²) in [6.07, 6.45) is 0.956. The van der Waals surface area contributed by atoms with Crippen LogP contribution in [-0.4, -0.2) is 41.9 Å². The molecule has 0 aliphatic carbocycles. The first-order chi connectivity index (χ1) is 11.0. The summed E-state index contributed by atoms with van der Waals surface area (Å²) in [7, 11) is 0. The van der Waals surface area contributed by atoms with Gasteiger partial charge in [-0.1, -0.05) is 5.21 Å². The quantitative estimate of drug-likeness (QED) is 0.713. The highest BCUT2D eigenvalue weighted by molar-refractivity contribution is 5.13. The van der Waals surface area contributed by atoms with Gasteiger partial charge in [-0.3, -0.25) is 14.3 Å². The van der Waals surface area contributed by atoms with Crippen molar-refractivity contribution in [3.05, 3.63) is 44.5 Å². The highest BCUT2D eigenvalue weighted by atomic mass is 16.5. The summed E-state index contributed by atoms with van der Waals surface area (Å²) in [6.45, 7) is 1.78. The normalized spacial score (nSPS) is 23.8. The molecule has 2 aromatic rings. The van der Waals surface area contributed by atoms with Crippen molar-refractivity contribution in [2.45, 2.75) is 38.3 Å². The number of hydrogen-bond donors (Lipinski definition) is 2. The van der Waals surface area contributed by atoms with Gasteiger partial charge in [0.25, 0.3) is 5.56 Å². The van der Waals surface area contributed by atoms with Gasteiger partial charge in [0.1, 0.15) is 18.4 Å². The van der Waals surface area contributed by atoms with Crippen molar-refractivity contribution in [2.75, 3.05) is 0 Å². The van der Waals surface area contributed by atoms with Gasteiger partial charge in [0.2, 0.25) is 0 Å². The lowest BCUT2D eigenvalue weighted by molar-refractivity contribution is -0.0302. The van der Waals surface area contributed by atoms with Gasteiger partial charge in [0.05, 0.1) is 18.8 Å². The molecule has 3 rings (SSSR count). The van der Waals surface area contributed by atoms with Crippen molar-refractivity contribution >= 4 is 0 Å². The molecular formula is C13H14N6O4. The summed E-state index contributed by atoms with van der Waals surface area (Å²) in [4.78, 5) is 25.5. The van der Waals surface area contributed by atoms with Crippen LogP contribution >= 0.6 is 0 Å². The molecule has 0 bridgehead atoms. The van der Waals surface area contributed by atoms with Crippen LogP contribution < -0.4 is 11.2 Å². The van der Waals surface area contributed by atoms with Crippen molar-refractivity contribution < 1.29 is 9.84 Å². The second-order valence-corrected chi connectivity index (χ2v) is 5.35. The van der Waals surface area contributed by atoms with Crippen LogP contribution in [0.25, 0.3) is 0 Å². The summed E-state index contributed by atoms with van der Waals surface area (Å²) in [5.41, 5.74) is -0.499. The van der Waals surface area contributed by atoms with Crippen LogP contribution in [0.1, 0.15) is 23.9 Å². The minimum Gasteiger partial charge on any atom is -0.390 e. The molecule has 0 amide bonds. The standard InChI is InChI=1S/C13H14N6O4/c1-7-4-19(13(22)15-12(7)21)11-2-9(20)10(23-11)6-18-5-8(3-14)16-17-18/h4-5,9-11,20H,2,6H2,1H3,(H,15,21,22)/t9-,10+,11+/m0/s1. The minimum absolute atomic E-state index is 0.168. The lowest BCUT2D eigenvalue weighted by Crippen LogP contribution is -2.33. The molecule has 3 heterocycles. The van der Waals surface area contributed by atoms with Gasteiger partial charge >= 0.3 is 5.69 Å². The van der Waals surface area contributed by atoms with Crippen molar-refractivity contribution in [3.8, 4) is 6.07 Å². The van der Waals surface area contributed by atoms with Gasteiger partial charge in [-0.25, -0.2) is 9.48 Å². The minimum atomic E-state index is -0.811. The number of rotatable bonds is 3. The van der Waals surface area contributed by atoms with Crippen LogP contribution in [0.4, 0.5) is 0 Å². The monoisotopic (exact) mass is 318 g/mol. The molecule has 23 heavy (non-hydrogen) atoms. The number of aromatic nitrogens is 5. The third-order valence-electron chi connectivity index (χ3n) is 3.68. The predicted octanol–water partition coefficient (Wildman–Crippen LogP) is -1.34. The first-order valence-corrected chi connectivity index (χ1v) is 6.93. The Hall–Kier alpha value is -2.77. The molecule has 1 saturated heterocycles. The summed E-state index contributed by atoms with van der Waals surface area (Å²) in [5, 5.41) is 26.2. The maximum absolute atomic E-state index is 11.9. The Morgan fingerprint density at radius 1 is 1.52 bits per heavy atom. The molecule has 2 N–H and O–H groups in total. The number of nitriles is 1. The molecule has 1 aliphatic rings. The van der Waals surface area contributed by atoms with E-state index < -0.39 is 29.7 Å². The zero-order valence-electron chi connectivity index (χ0n) is 12.2. The van der Waals surface area contributed by atoms with E-state index in [1.807, 2.05) is 6.07 Å². The molecule has 10 heteroatoms. The molecule has 10 nitrogen and oxygen atoms in total. The fourth-order valence-corrected chi connectivity index (χ4v) is 2.47. The fourth-order valence-electron chi connectivity index (χ4n) is 2.47. The van der Waals surface area contributed by atoms with Crippen LogP contribution in [0.5, 0.6) is 0 Å². The number of ether oxygens (including phenoxy) is 1. The van der Waals surface area contributed by atoms with Crippen molar-refractivity contribution in [2.24, 2.45) is 0 Å².